The van der Waals surface area contributed by atoms with Crippen molar-refractivity contribution in [2.45, 2.75) is 65.2 Å². The molecule has 14 heteroatoms. The maximum Gasteiger partial charge on any atom is 0.255 e. The van der Waals surface area contributed by atoms with E-state index in [-0.39, 0.29) is 55.3 Å². The van der Waals surface area contributed by atoms with Crippen molar-refractivity contribution in [2.75, 3.05) is 0 Å². The molecule has 11 nitrogen and oxygen atoms in total. The van der Waals surface area contributed by atoms with Crippen molar-refractivity contribution >= 4 is 52.3 Å². The van der Waals surface area contributed by atoms with Crippen LogP contribution in [0.15, 0.2) is 41.4 Å². The van der Waals surface area contributed by atoms with Gasteiger partial charge >= 0.3 is 0 Å². The minimum absolute atomic E-state index is 0.0729. The third-order valence-electron chi connectivity index (χ3n) is 8.90. The lowest BCUT2D eigenvalue weighted by molar-refractivity contribution is -0.137. The summed E-state index contributed by atoms with van der Waals surface area (Å²) < 4.78 is 17.2. The zero-order chi connectivity index (χ0) is 33.1. The normalized spacial score (nSPS) is 18.7. The van der Waals surface area contributed by atoms with E-state index in [1.807, 2.05) is 30.5 Å². The van der Waals surface area contributed by atoms with Crippen molar-refractivity contribution < 1.29 is 23.6 Å². The molecule has 0 radical (unpaired) electrons. The fourth-order valence-corrected chi connectivity index (χ4v) is 7.69. The van der Waals surface area contributed by atoms with Crippen LogP contribution in [-0.4, -0.2) is 55.0 Å². The number of nitrogens with zero attached hydrogens (tertiary/aromatic N) is 5. The van der Waals surface area contributed by atoms with Gasteiger partial charge in [-0.3, -0.25) is 34.1 Å². The average molecular weight is 674 g/mol. The molecule has 2 aromatic heterocycles. The number of benzene rings is 2. The van der Waals surface area contributed by atoms with Crippen LogP contribution in [0.3, 0.4) is 0 Å². The van der Waals surface area contributed by atoms with Crippen LogP contribution in [0.1, 0.15) is 80.0 Å². The first-order chi connectivity index (χ1) is 22.5. The molecule has 1 fully saturated rings. The molecule has 4 amide bonds. The Hall–Kier alpha value is -4.75. The molecule has 2 aromatic carbocycles. The third-order valence-corrected chi connectivity index (χ3v) is 10.3. The molecular formula is C33H29ClFN7O4S. The van der Waals surface area contributed by atoms with Gasteiger partial charge in [-0.2, -0.15) is 0 Å². The van der Waals surface area contributed by atoms with Gasteiger partial charge in [0, 0.05) is 51.7 Å². The Morgan fingerprint density at radius 1 is 1.13 bits per heavy atom. The minimum atomic E-state index is -0.806. The van der Waals surface area contributed by atoms with E-state index in [2.05, 4.69) is 27.8 Å². The van der Waals surface area contributed by atoms with Crippen LogP contribution < -0.4 is 10.6 Å². The Labute approximate surface area is 277 Å². The monoisotopic (exact) mass is 673 g/mol. The van der Waals surface area contributed by atoms with Crippen LogP contribution in [0.4, 0.5) is 4.39 Å². The number of hydrogen-bond acceptors (Lipinski definition) is 8. The predicted octanol–water partition coefficient (Wildman–Crippen LogP) is 4.41. The van der Waals surface area contributed by atoms with Gasteiger partial charge in [-0.1, -0.05) is 23.7 Å². The Kier molecular flexibility index (Phi) is 7.75. The summed E-state index contributed by atoms with van der Waals surface area (Å²) in [4.78, 5) is 58.0. The third kappa shape index (κ3) is 5.42. The lowest BCUT2D eigenvalue weighted by atomic mass is 9.99. The van der Waals surface area contributed by atoms with Gasteiger partial charge in [-0.05, 0) is 62.6 Å². The number of hydrogen-bond donors (Lipinski definition) is 2. The van der Waals surface area contributed by atoms with Crippen molar-refractivity contribution in [1.29, 1.82) is 0 Å². The highest BCUT2D eigenvalue weighted by Crippen LogP contribution is 2.39. The molecule has 7 rings (SSSR count). The van der Waals surface area contributed by atoms with Crippen LogP contribution in [-0.2, 0) is 27.5 Å². The fourth-order valence-electron chi connectivity index (χ4n) is 6.35. The van der Waals surface area contributed by atoms with Crippen LogP contribution in [0, 0.1) is 26.6 Å². The largest absolute Gasteiger partial charge is 0.352 e. The molecule has 3 aliphatic rings. The Morgan fingerprint density at radius 2 is 1.89 bits per heavy atom. The second-order valence-electron chi connectivity index (χ2n) is 11.9. The standard InChI is InChI=1S/C33H29ClFN7O4S/c1-15-16(2)47-33-28(15)29(18-4-6-21(34)7-5-18)37-24(30-40-39-17(3)42(30)33)12-27(44)36-13-19-10-20-14-41(32(46)22(20)11-23(19)35)25-8-9-26(43)38-31(25)45/h4-7,10-11,24-25H,8-9,12-14H2,1-3H3,(H,36,44)(H,38,43,45)/t24-,25?/m0/s1. The molecule has 0 saturated carbocycles. The van der Waals surface area contributed by atoms with E-state index in [0.29, 0.717) is 22.2 Å². The molecule has 3 aliphatic heterocycles. The first-order valence-electron chi connectivity index (χ1n) is 15.1. The molecule has 1 saturated heterocycles. The summed E-state index contributed by atoms with van der Waals surface area (Å²) in [5, 5.41) is 15.3. The molecule has 2 atom stereocenters. The van der Waals surface area contributed by atoms with Gasteiger partial charge < -0.3 is 10.2 Å². The second-order valence-corrected chi connectivity index (χ2v) is 13.5. The number of amides is 4. The predicted molar refractivity (Wildman–Crippen MR) is 172 cm³/mol. The lowest BCUT2D eigenvalue weighted by Gasteiger charge is -2.29. The summed E-state index contributed by atoms with van der Waals surface area (Å²) in [5.74, 6) is -1.22. The van der Waals surface area contributed by atoms with E-state index in [0.717, 1.165) is 38.3 Å². The van der Waals surface area contributed by atoms with Gasteiger partial charge in [0.05, 0.1) is 12.1 Å². The van der Waals surface area contributed by atoms with Gasteiger partial charge in [-0.15, -0.1) is 21.5 Å². The van der Waals surface area contributed by atoms with Crippen LogP contribution in [0.2, 0.25) is 5.02 Å². The number of aliphatic imine (C=N–C) groups is 1. The molecule has 0 aliphatic carbocycles. The van der Waals surface area contributed by atoms with E-state index < -0.39 is 29.7 Å². The van der Waals surface area contributed by atoms with Crippen molar-refractivity contribution in [1.82, 2.24) is 30.3 Å². The summed E-state index contributed by atoms with van der Waals surface area (Å²) in [7, 11) is 0. The van der Waals surface area contributed by atoms with Gasteiger partial charge in [0.2, 0.25) is 17.7 Å². The number of thiophene rings is 1. The number of aromatic nitrogens is 3. The molecular weight excluding hydrogens is 645 g/mol. The molecule has 2 N–H and O–H groups in total. The van der Waals surface area contributed by atoms with E-state index in [9.17, 15) is 19.2 Å². The highest BCUT2D eigenvalue weighted by Gasteiger charge is 2.40. The highest BCUT2D eigenvalue weighted by molar-refractivity contribution is 7.15. The molecule has 1 unspecified atom stereocenters. The average Bonchev–Trinajstić information content (AvgIpc) is 3.63. The molecule has 5 heterocycles. The fraction of sp³-hybridized carbons (Fsp3) is 0.303. The molecule has 0 bridgehead atoms. The summed E-state index contributed by atoms with van der Waals surface area (Å²) in [6.45, 7) is 5.94. The summed E-state index contributed by atoms with van der Waals surface area (Å²) in [6.07, 6.45) is 0.257. The van der Waals surface area contributed by atoms with Gasteiger partial charge in [0.15, 0.2) is 5.82 Å². The number of carbonyl (C=O) groups excluding carboxylic acids is 4. The molecule has 240 valence electrons. The summed E-state index contributed by atoms with van der Waals surface area (Å²) >= 11 is 7.81. The maximum atomic E-state index is 15.2. The van der Waals surface area contributed by atoms with Crippen LogP contribution in [0.5, 0.6) is 0 Å². The second kappa shape index (κ2) is 11.8. The number of piperidine rings is 1. The number of halogens is 2. The lowest BCUT2D eigenvalue weighted by Crippen LogP contribution is -2.52. The summed E-state index contributed by atoms with van der Waals surface area (Å²) in [6, 6.07) is 8.59. The number of rotatable bonds is 6. The topological polar surface area (TPSA) is 139 Å². The van der Waals surface area contributed by atoms with Crippen molar-refractivity contribution in [2.24, 2.45) is 4.99 Å². The number of carbonyl (C=O) groups is 4. The molecule has 0 spiro atoms. The zero-order valence-corrected chi connectivity index (χ0v) is 27.3. The smallest absolute Gasteiger partial charge is 0.255 e. The van der Waals surface area contributed by atoms with Crippen molar-refractivity contribution in [3.8, 4) is 5.00 Å². The zero-order valence-electron chi connectivity index (χ0n) is 25.7. The van der Waals surface area contributed by atoms with Crippen LogP contribution >= 0.6 is 22.9 Å². The SMILES string of the molecule is Cc1sc2c(c1C)C(c1ccc(Cl)cc1)=N[C@@H](CC(=O)NCc1cc3c(cc1F)C(=O)N(C1CCC(=O)NC1=O)C3)c1nnc(C)n1-2. The Morgan fingerprint density at radius 3 is 2.64 bits per heavy atom. The quantitative estimate of drug-likeness (QED) is 0.291. The number of imide groups is 1. The van der Waals surface area contributed by atoms with Crippen LogP contribution in [0.25, 0.3) is 5.00 Å². The van der Waals surface area contributed by atoms with E-state index >= 15 is 4.39 Å². The van der Waals surface area contributed by atoms with E-state index in [1.165, 1.54) is 4.90 Å². The summed E-state index contributed by atoms with van der Waals surface area (Å²) in [5.41, 5.74) is 4.50. The van der Waals surface area contributed by atoms with Gasteiger partial charge in [-0.25, -0.2) is 4.39 Å². The van der Waals surface area contributed by atoms with Gasteiger partial charge in [0.25, 0.3) is 5.91 Å². The van der Waals surface area contributed by atoms with E-state index in [4.69, 9.17) is 16.6 Å². The van der Waals surface area contributed by atoms with Crippen molar-refractivity contribution in [3.05, 3.63) is 97.1 Å². The Balaban J connectivity index is 1.13. The Bertz CT molecular complexity index is 2040. The first kappa shape index (κ1) is 30.9. The maximum absolute atomic E-state index is 15.2. The number of aryl methyl sites for hydroxylation is 2. The van der Waals surface area contributed by atoms with Crippen molar-refractivity contribution in [3.63, 3.8) is 0 Å². The molecule has 47 heavy (non-hydrogen) atoms. The minimum Gasteiger partial charge on any atom is -0.352 e. The number of nitrogens with one attached hydrogen (secondary N) is 2. The number of fused-ring (bicyclic) bond motifs is 4. The van der Waals surface area contributed by atoms with Gasteiger partial charge in [0.1, 0.15) is 28.7 Å². The highest BCUT2D eigenvalue weighted by atomic mass is 35.5. The van der Waals surface area contributed by atoms with E-state index in [1.54, 1.807) is 29.5 Å². The molecule has 4 aromatic rings. The first-order valence-corrected chi connectivity index (χ1v) is 16.3.